The Labute approximate surface area is 148 Å². The van der Waals surface area contributed by atoms with Crippen LogP contribution in [-0.2, 0) is 42.3 Å². The minimum Gasteiger partial charge on any atom is -0.462 e. The Morgan fingerprint density at radius 1 is 1.27 bits per heavy atom. The molecule has 0 atom stereocenters. The lowest BCUT2D eigenvalue weighted by Gasteiger charge is -2.16. The van der Waals surface area contributed by atoms with E-state index in [4.69, 9.17) is 9.47 Å². The Bertz CT molecular complexity index is 775. The monoisotopic (exact) mass is 372 g/mol. The van der Waals surface area contributed by atoms with E-state index in [1.54, 1.807) is 20.9 Å². The average molecular weight is 372 g/mol. The molecule has 0 aromatic carbocycles. The lowest BCUT2D eigenvalue weighted by Crippen LogP contribution is -2.18. The van der Waals surface area contributed by atoms with Crippen molar-refractivity contribution < 1.29 is 27.4 Å². The Morgan fingerprint density at radius 3 is 2.54 bits per heavy atom. The van der Waals surface area contributed by atoms with E-state index >= 15 is 0 Å². The first-order valence-corrected chi connectivity index (χ1v) is 7.95. The number of ether oxygens (including phenoxy) is 2. The summed E-state index contributed by atoms with van der Waals surface area (Å²) < 4.78 is 51.6. The summed E-state index contributed by atoms with van der Waals surface area (Å²) in [5, 5.41) is 3.87. The summed E-state index contributed by atoms with van der Waals surface area (Å²) in [5.74, 6) is -0.246. The average Bonchev–Trinajstić information content (AvgIpc) is 2.99. The van der Waals surface area contributed by atoms with Gasteiger partial charge in [0, 0.05) is 7.05 Å². The fraction of sp³-hybridized carbons (Fsp3) is 0.500. The summed E-state index contributed by atoms with van der Waals surface area (Å²) in [5.41, 5.74) is -1.26. The minimum absolute atomic E-state index is 0.0112. The van der Waals surface area contributed by atoms with Crippen molar-refractivity contribution in [3.05, 3.63) is 40.7 Å². The summed E-state index contributed by atoms with van der Waals surface area (Å²) in [4.78, 5) is 19.7. The zero-order valence-corrected chi connectivity index (χ0v) is 14.6. The zero-order chi connectivity index (χ0) is 19.3. The number of aromatic nitrogens is 4. The fourth-order valence-electron chi connectivity index (χ4n) is 2.29. The molecule has 2 aromatic rings. The van der Waals surface area contributed by atoms with Crippen molar-refractivity contribution in [2.24, 2.45) is 7.05 Å². The number of pyridine rings is 1. The van der Waals surface area contributed by atoms with E-state index in [9.17, 15) is 18.0 Å². The normalized spacial score (nSPS) is 11.6. The summed E-state index contributed by atoms with van der Waals surface area (Å²) >= 11 is 0. The molecule has 0 radical (unpaired) electrons. The molecule has 2 aromatic heterocycles. The van der Waals surface area contributed by atoms with Crippen molar-refractivity contribution in [3.63, 3.8) is 0 Å². The lowest BCUT2D eigenvalue weighted by atomic mass is 10.0. The van der Waals surface area contributed by atoms with Crippen molar-refractivity contribution in [1.29, 1.82) is 0 Å². The fourth-order valence-corrected chi connectivity index (χ4v) is 2.29. The van der Waals surface area contributed by atoms with Gasteiger partial charge < -0.3 is 9.47 Å². The van der Waals surface area contributed by atoms with Crippen LogP contribution in [0.25, 0.3) is 0 Å². The van der Waals surface area contributed by atoms with Gasteiger partial charge in [-0.25, -0.2) is 14.8 Å². The van der Waals surface area contributed by atoms with Crippen LogP contribution in [0, 0.1) is 0 Å². The molecule has 0 saturated heterocycles. The molecule has 142 valence electrons. The highest BCUT2D eigenvalue weighted by Gasteiger charge is 2.36. The van der Waals surface area contributed by atoms with E-state index in [0.29, 0.717) is 5.82 Å². The van der Waals surface area contributed by atoms with Gasteiger partial charge in [-0.15, -0.1) is 0 Å². The lowest BCUT2D eigenvalue weighted by molar-refractivity contribution is -0.142. The van der Waals surface area contributed by atoms with E-state index < -0.39 is 17.8 Å². The molecular weight excluding hydrogens is 353 g/mol. The van der Waals surface area contributed by atoms with Crippen LogP contribution < -0.4 is 0 Å². The van der Waals surface area contributed by atoms with Crippen molar-refractivity contribution in [2.75, 3.05) is 6.61 Å². The van der Waals surface area contributed by atoms with Gasteiger partial charge in [0.05, 0.1) is 24.5 Å². The number of carbonyl (C=O) groups is 1. The van der Waals surface area contributed by atoms with E-state index in [0.717, 1.165) is 0 Å². The van der Waals surface area contributed by atoms with Crippen LogP contribution in [0.1, 0.15) is 47.0 Å². The Morgan fingerprint density at radius 2 is 2.00 bits per heavy atom. The highest BCUT2D eigenvalue weighted by Crippen LogP contribution is 2.32. The predicted octanol–water partition coefficient (Wildman–Crippen LogP) is 2.68. The molecule has 0 fully saturated rings. The highest BCUT2D eigenvalue weighted by atomic mass is 19.4. The molecule has 0 saturated carbocycles. The third-order valence-corrected chi connectivity index (χ3v) is 3.60. The molecule has 0 aliphatic carbocycles. The topological polar surface area (TPSA) is 79.1 Å². The number of rotatable bonds is 7. The van der Waals surface area contributed by atoms with Gasteiger partial charge in [0.2, 0.25) is 0 Å². The first-order valence-electron chi connectivity index (χ1n) is 7.95. The van der Waals surface area contributed by atoms with Crippen LogP contribution >= 0.6 is 0 Å². The second kappa shape index (κ2) is 8.26. The molecular formula is C16H19F3N4O3. The second-order valence-electron chi connectivity index (χ2n) is 5.35. The second-order valence-corrected chi connectivity index (χ2v) is 5.35. The van der Waals surface area contributed by atoms with Gasteiger partial charge in [-0.2, -0.15) is 18.3 Å². The van der Waals surface area contributed by atoms with Crippen molar-refractivity contribution in [1.82, 2.24) is 19.7 Å². The van der Waals surface area contributed by atoms with E-state index in [2.05, 4.69) is 15.1 Å². The number of alkyl halides is 3. The molecule has 0 aliphatic heterocycles. The van der Waals surface area contributed by atoms with Crippen molar-refractivity contribution in [2.45, 2.75) is 39.7 Å². The van der Waals surface area contributed by atoms with E-state index in [1.807, 2.05) is 0 Å². The number of hydrogen-bond donors (Lipinski definition) is 0. The van der Waals surface area contributed by atoms with Crippen LogP contribution in [0.3, 0.4) is 0 Å². The molecule has 0 aliphatic rings. The molecule has 10 heteroatoms. The first-order chi connectivity index (χ1) is 12.3. The molecule has 0 N–H and O–H groups in total. The molecule has 2 rings (SSSR count). The Balaban J connectivity index is 2.33. The minimum atomic E-state index is -4.63. The largest absolute Gasteiger partial charge is 0.462 e. The van der Waals surface area contributed by atoms with Gasteiger partial charge >= 0.3 is 12.1 Å². The number of hydrogen-bond acceptors (Lipinski definition) is 6. The number of halogens is 3. The Kier molecular flexibility index (Phi) is 6.30. The van der Waals surface area contributed by atoms with Crippen molar-refractivity contribution >= 4 is 5.97 Å². The van der Waals surface area contributed by atoms with Gasteiger partial charge in [0.1, 0.15) is 18.6 Å². The highest BCUT2D eigenvalue weighted by molar-refractivity contribution is 5.90. The molecule has 26 heavy (non-hydrogen) atoms. The van der Waals surface area contributed by atoms with Crippen LogP contribution in [0.5, 0.6) is 0 Å². The predicted molar refractivity (Wildman–Crippen MR) is 84.1 cm³/mol. The van der Waals surface area contributed by atoms with Crippen molar-refractivity contribution in [3.8, 4) is 0 Å². The number of aryl methyl sites for hydroxylation is 2. The molecule has 2 heterocycles. The quantitative estimate of drug-likeness (QED) is 0.696. The summed E-state index contributed by atoms with van der Waals surface area (Å²) in [7, 11) is 1.66. The maximum atomic E-state index is 13.3. The number of esters is 1. The van der Waals surface area contributed by atoms with E-state index in [1.165, 1.54) is 17.1 Å². The summed E-state index contributed by atoms with van der Waals surface area (Å²) in [6.45, 7) is 2.98. The van der Waals surface area contributed by atoms with Gasteiger partial charge in [-0.1, -0.05) is 6.92 Å². The van der Waals surface area contributed by atoms with Gasteiger partial charge in [0.25, 0.3) is 0 Å². The van der Waals surface area contributed by atoms with Crippen LogP contribution in [-0.4, -0.2) is 32.3 Å². The number of nitrogens with zero attached hydrogens (tertiary/aromatic N) is 4. The van der Waals surface area contributed by atoms with Gasteiger partial charge in [0.15, 0.2) is 5.82 Å². The van der Waals surface area contributed by atoms with Gasteiger partial charge in [-0.3, -0.25) is 4.68 Å². The maximum Gasteiger partial charge on any atom is 0.433 e. The summed E-state index contributed by atoms with van der Waals surface area (Å²) in [6, 6.07) is 1.18. The Hall–Kier alpha value is -2.49. The standard InChI is InChI=1S/C16H19F3N4O3/c1-4-10-6-11(15(24)26-5-2)12(22-14(10)16(17,18)19)7-25-8-13-20-9-21-23(13)3/h6,9H,4-5,7-8H2,1-3H3. The number of carbonyl (C=O) groups excluding carboxylic acids is 1. The van der Waals surface area contributed by atoms with Gasteiger partial charge in [-0.05, 0) is 25.0 Å². The molecule has 7 nitrogen and oxygen atoms in total. The first kappa shape index (κ1) is 19.8. The summed E-state index contributed by atoms with van der Waals surface area (Å²) in [6.07, 6.45) is -3.22. The third-order valence-electron chi connectivity index (χ3n) is 3.60. The van der Waals surface area contributed by atoms with Crippen LogP contribution in [0.4, 0.5) is 13.2 Å². The molecule has 0 amide bonds. The van der Waals surface area contributed by atoms with Crippen LogP contribution in [0.15, 0.2) is 12.4 Å². The molecule has 0 bridgehead atoms. The van der Waals surface area contributed by atoms with E-state index in [-0.39, 0.29) is 43.1 Å². The van der Waals surface area contributed by atoms with Crippen LogP contribution in [0.2, 0.25) is 0 Å². The molecule has 0 unspecified atom stereocenters. The zero-order valence-electron chi connectivity index (χ0n) is 14.6. The SMILES string of the molecule is CCOC(=O)c1cc(CC)c(C(F)(F)F)nc1COCc1ncnn1C. The molecule has 0 spiro atoms. The third kappa shape index (κ3) is 4.57. The smallest absolute Gasteiger partial charge is 0.433 e. The maximum absolute atomic E-state index is 13.3.